The van der Waals surface area contributed by atoms with Gasteiger partial charge in [-0.2, -0.15) is 0 Å². The van der Waals surface area contributed by atoms with Gasteiger partial charge in [0.05, 0.1) is 106 Å². The Balaban J connectivity index is 0.000000214. The highest BCUT2D eigenvalue weighted by molar-refractivity contribution is 7.89. The summed E-state index contributed by atoms with van der Waals surface area (Å²) in [5, 5.41) is 18.9. The molecule has 510 valence electrons. The lowest BCUT2D eigenvalue weighted by atomic mass is 9.78. The van der Waals surface area contributed by atoms with Crippen molar-refractivity contribution in [3.63, 3.8) is 0 Å². The van der Waals surface area contributed by atoms with Crippen LogP contribution in [0.2, 0.25) is 20.2 Å². The van der Waals surface area contributed by atoms with E-state index in [9.17, 15) is 52.8 Å². The molecule has 3 aromatic carbocycles. The molecule has 0 radical (unpaired) electrons. The van der Waals surface area contributed by atoms with E-state index in [0.717, 1.165) is 37.0 Å². The fraction of sp³-hybridized carbons (Fsp3) is 0.190. The molecule has 6 aromatic heterocycles. The van der Waals surface area contributed by atoms with Crippen LogP contribution in [0.5, 0.6) is 17.2 Å². The summed E-state index contributed by atoms with van der Waals surface area (Å²) in [7, 11) is -8.41. The van der Waals surface area contributed by atoms with E-state index >= 15 is 0 Å². The molecular weight excluding hydrogens is 1410 g/mol. The number of hydrogen-bond donors (Lipinski definition) is 5. The van der Waals surface area contributed by atoms with Crippen molar-refractivity contribution < 1.29 is 77.1 Å². The largest absolute Gasteiger partial charge is 0.497 e. The van der Waals surface area contributed by atoms with Crippen LogP contribution in [0, 0.1) is 59.0 Å². The molecule has 6 heterocycles. The number of ether oxygens (including phenoxy) is 3. The van der Waals surface area contributed by atoms with Gasteiger partial charge in [0.25, 0.3) is 17.7 Å². The van der Waals surface area contributed by atoms with E-state index < -0.39 is 72.4 Å². The quantitative estimate of drug-likeness (QED) is 0.0470. The monoisotopic (exact) mass is 1470 g/mol. The van der Waals surface area contributed by atoms with Gasteiger partial charge < -0.3 is 24.3 Å². The summed E-state index contributed by atoms with van der Waals surface area (Å²) in [5.41, 5.74) is 7.96. The van der Waals surface area contributed by atoms with E-state index in [-0.39, 0.29) is 26.9 Å². The third kappa shape index (κ3) is 20.1. The number of hydrogen-bond acceptors (Lipinski definition) is 20. The molecule has 0 aliphatic heterocycles. The van der Waals surface area contributed by atoms with Gasteiger partial charge in [0.15, 0.2) is 0 Å². The normalized spacial score (nSPS) is 11.1. The molecule has 0 spiro atoms. The van der Waals surface area contributed by atoms with Crippen LogP contribution in [0.4, 0.5) is 13.2 Å². The molecule has 0 saturated heterocycles. The Bertz CT molecular complexity index is 4720. The number of aryl methyl sites for hydroxylation is 6. The van der Waals surface area contributed by atoms with Gasteiger partial charge in [0.1, 0.15) is 39.9 Å². The number of benzene rings is 3. The van der Waals surface area contributed by atoms with Crippen molar-refractivity contribution >= 4 is 107 Å². The number of carbonyl (C=O) groups is 3. The topological polar surface area (TPSA) is 335 Å². The molecule has 0 unspecified atom stereocenters. The molecule has 0 aliphatic carbocycles. The second kappa shape index (κ2) is 32.5. The first-order valence-electron chi connectivity index (χ1n) is 27.7. The summed E-state index contributed by atoms with van der Waals surface area (Å²) >= 11 is 24.6. The van der Waals surface area contributed by atoms with Gasteiger partial charge in [0, 0.05) is 65.0 Å². The van der Waals surface area contributed by atoms with E-state index in [4.69, 9.17) is 70.7 Å². The third-order valence-electron chi connectivity index (χ3n) is 13.7. The average molecular weight is 1470 g/mol. The number of rotatable bonds is 15. The average Bonchev–Trinajstić information content (AvgIpc) is 0.803. The van der Waals surface area contributed by atoms with Crippen LogP contribution in [0.15, 0.2) is 110 Å². The predicted octanol–water partition coefficient (Wildman–Crippen LogP) is 10.1. The van der Waals surface area contributed by atoms with Crippen molar-refractivity contribution in [1.29, 1.82) is 0 Å². The number of carbonyl (C=O) groups excluding carboxylic acids is 3. The Morgan fingerprint density at radius 1 is 0.443 bits per heavy atom. The number of pyridine rings is 6. The van der Waals surface area contributed by atoms with E-state index in [2.05, 4.69) is 29.9 Å². The zero-order chi connectivity index (χ0) is 72.3. The van der Waals surface area contributed by atoms with Crippen molar-refractivity contribution in [3.05, 3.63) is 198 Å². The van der Waals surface area contributed by atoms with E-state index in [1.54, 1.807) is 90.8 Å². The maximum absolute atomic E-state index is 14.6. The lowest BCUT2D eigenvalue weighted by Gasteiger charge is -2.14. The van der Waals surface area contributed by atoms with Gasteiger partial charge in [-0.1, -0.05) is 46.4 Å². The van der Waals surface area contributed by atoms with Crippen molar-refractivity contribution in [2.24, 2.45) is 0 Å². The highest BCUT2D eigenvalue weighted by atomic mass is 35.5. The van der Waals surface area contributed by atoms with Crippen LogP contribution in [0.3, 0.4) is 0 Å². The van der Waals surface area contributed by atoms with Crippen molar-refractivity contribution in [1.82, 2.24) is 44.1 Å². The zero-order valence-corrected chi connectivity index (χ0v) is 58.8. The van der Waals surface area contributed by atoms with Gasteiger partial charge in [0.2, 0.25) is 30.1 Å². The number of amides is 3. The number of halogens is 7. The highest BCUT2D eigenvalue weighted by Crippen LogP contribution is 2.40. The van der Waals surface area contributed by atoms with Crippen molar-refractivity contribution in [2.45, 2.75) is 41.5 Å². The Morgan fingerprint density at radius 2 is 0.742 bits per heavy atom. The number of nitrogens with one attached hydrogen (secondary N) is 3. The summed E-state index contributed by atoms with van der Waals surface area (Å²) in [4.78, 5) is 61.1. The molecule has 3 amide bonds. The lowest BCUT2D eigenvalue weighted by molar-refractivity contribution is 0.0968. The molecule has 9 rings (SSSR count). The van der Waals surface area contributed by atoms with E-state index in [1.165, 1.54) is 64.2 Å². The van der Waals surface area contributed by atoms with Gasteiger partial charge in [-0.15, -0.1) is 0 Å². The molecule has 0 fully saturated rings. The van der Waals surface area contributed by atoms with Crippen LogP contribution in [-0.4, -0.2) is 130 Å². The Kier molecular flexibility index (Phi) is 25.8. The summed E-state index contributed by atoms with van der Waals surface area (Å²) in [5.74, 6) is -4.14. The summed E-state index contributed by atoms with van der Waals surface area (Å²) in [6.07, 6.45) is 11.7. The second-order valence-electron chi connectivity index (χ2n) is 21.0. The van der Waals surface area contributed by atoms with Gasteiger partial charge in [-0.3, -0.25) is 39.3 Å². The third-order valence-corrected chi connectivity index (χ3v) is 16.6. The molecule has 0 aliphatic rings. The first-order chi connectivity index (χ1) is 45.3. The molecular formula is C63H59BCl4F3N9O14S3. The summed E-state index contributed by atoms with van der Waals surface area (Å²) in [6, 6.07) is 17.0. The molecule has 0 bridgehead atoms. The maximum atomic E-state index is 14.6. The number of aromatic nitrogens is 6. The van der Waals surface area contributed by atoms with Crippen LogP contribution in [0.1, 0.15) is 64.8 Å². The molecule has 9 aromatic rings. The minimum absolute atomic E-state index is 0.123. The van der Waals surface area contributed by atoms with Crippen molar-refractivity contribution in [2.75, 3.05) is 40.1 Å². The molecule has 0 atom stereocenters. The molecule has 34 heteroatoms. The lowest BCUT2D eigenvalue weighted by Crippen LogP contribution is -2.34. The predicted molar refractivity (Wildman–Crippen MR) is 364 cm³/mol. The minimum Gasteiger partial charge on any atom is -0.497 e. The molecule has 0 saturated carbocycles. The van der Waals surface area contributed by atoms with Gasteiger partial charge in [-0.05, 0) is 148 Å². The van der Waals surface area contributed by atoms with Crippen molar-refractivity contribution in [3.8, 4) is 73.1 Å². The number of sulfonamides is 3. The van der Waals surface area contributed by atoms with Crippen LogP contribution in [-0.2, 0) is 30.1 Å². The second-order valence-corrected chi connectivity index (χ2v) is 27.8. The molecule has 97 heavy (non-hydrogen) atoms. The Morgan fingerprint density at radius 3 is 1.02 bits per heavy atom. The van der Waals surface area contributed by atoms with Crippen LogP contribution < -0.4 is 33.8 Å². The fourth-order valence-corrected chi connectivity index (χ4v) is 11.5. The number of nitrogens with zero attached hydrogens (tertiary/aromatic N) is 6. The van der Waals surface area contributed by atoms with E-state index in [0.29, 0.717) is 122 Å². The fourth-order valence-electron chi connectivity index (χ4n) is 9.33. The first kappa shape index (κ1) is 77.2. The van der Waals surface area contributed by atoms with E-state index in [1.807, 2.05) is 13.8 Å². The minimum atomic E-state index is -3.82. The van der Waals surface area contributed by atoms with Gasteiger partial charge in [-0.25, -0.2) is 57.6 Å². The Labute approximate surface area is 577 Å². The molecule has 23 nitrogen and oxygen atoms in total. The van der Waals surface area contributed by atoms with Crippen LogP contribution >= 0.6 is 46.4 Å². The highest BCUT2D eigenvalue weighted by Gasteiger charge is 2.25. The Hall–Kier alpha value is -8.85. The summed E-state index contributed by atoms with van der Waals surface area (Å²) < 4.78 is 132. The van der Waals surface area contributed by atoms with Crippen LogP contribution in [0.25, 0.3) is 55.9 Å². The zero-order valence-electron chi connectivity index (χ0n) is 53.3. The standard InChI is InChI=1S/2C21H19ClFN3O4S.C14H11Cl2FN2O3S.C7H10BNO3/c2*1-11-7-15(21(27)26-31(4,28)29)17(23)9-14(11)13-8-16(22)20(25-10-13)19-12(2)24-6-5-18(19)30-3;1-7-3-10(14(20)19-23(2,21)22)12(17)5-9(7)8-4-11(15)13(16)18-6-8;1-5-7(8(10)11)6(12-2)3-4-9-5/h2*5-10H,1-4H3,(H,26,27);3-6H,1-2H3,(H,19,20);3-4,10-11H,1-2H3. The smallest absolute Gasteiger partial charge is 0.494 e. The summed E-state index contributed by atoms with van der Waals surface area (Å²) in [6.45, 7) is 10.3. The molecule has 5 N–H and O–H groups in total. The first-order valence-corrected chi connectivity index (χ1v) is 34.9. The number of methoxy groups -OCH3 is 3. The SMILES string of the molecule is COc1ccnc(C)c1-c1ncc(-c2cc(F)c(C(=O)NS(C)(=O)=O)cc2C)cc1Cl.COc1ccnc(C)c1-c1ncc(-c2cc(F)c(C(=O)NS(C)(=O)=O)cc2C)cc1Cl.COc1ccnc(C)c1B(O)O.Cc1cc(C(=O)NS(C)(=O)=O)c(F)cc1-c1cnc(Cl)c(Cl)c1. The van der Waals surface area contributed by atoms with Gasteiger partial charge >= 0.3 is 7.12 Å². The maximum Gasteiger partial charge on any atom is 0.494 e.